The van der Waals surface area contributed by atoms with E-state index in [2.05, 4.69) is 47.6 Å². The highest BCUT2D eigenvalue weighted by Crippen LogP contribution is 2.58. The number of esters is 2. The summed E-state index contributed by atoms with van der Waals surface area (Å²) in [5.74, 6) is -6.34. The largest absolute Gasteiger partial charge is 0.459 e. The van der Waals surface area contributed by atoms with Crippen molar-refractivity contribution in [2.45, 2.75) is 66.6 Å². The molecule has 0 radical (unpaired) electrons. The van der Waals surface area contributed by atoms with Gasteiger partial charge in [-0.15, -0.1) is 0 Å². The maximum Gasteiger partial charge on any atom is 0.326 e. The van der Waals surface area contributed by atoms with E-state index in [1.54, 1.807) is 137 Å². The Morgan fingerprint density at radius 3 is 0.849 bits per heavy atom. The van der Waals surface area contributed by atoms with Gasteiger partial charge in [0.2, 0.25) is 23.6 Å². The lowest BCUT2D eigenvalue weighted by Crippen LogP contribution is -2.44. The molecule has 0 saturated carbocycles. The van der Waals surface area contributed by atoms with Crippen molar-refractivity contribution in [3.63, 3.8) is 0 Å². The smallest absolute Gasteiger partial charge is 0.326 e. The molecule has 8 amide bonds. The molecule has 4 N–H and O–H groups in total. The first-order chi connectivity index (χ1) is 60.9. The van der Waals surface area contributed by atoms with Crippen LogP contribution < -0.4 is 40.2 Å². The zero-order valence-electron chi connectivity index (χ0n) is 69.2. The number of amides is 8. The van der Waals surface area contributed by atoms with Crippen LogP contribution in [0.3, 0.4) is 0 Å². The number of carbonyl (C=O) groups excluding carboxylic acids is 10. The van der Waals surface area contributed by atoms with Gasteiger partial charge in [0.1, 0.15) is 94.6 Å². The molecule has 2 aromatic heterocycles. The van der Waals surface area contributed by atoms with Crippen molar-refractivity contribution in [3.05, 3.63) is 310 Å². The number of nitrogens with one attached hydrogen (secondary N) is 4. The lowest BCUT2D eigenvalue weighted by molar-refractivity contribution is -0.146. The normalized spacial score (nSPS) is 12.4. The number of ether oxygens (including phenoxy) is 6. The number of rotatable bonds is 32. The fourth-order valence-corrected chi connectivity index (χ4v) is 16.0. The van der Waals surface area contributed by atoms with Crippen molar-refractivity contribution in [2.75, 3.05) is 39.3 Å². The number of carbonyl (C=O) groups is 10. The Labute approximate surface area is 720 Å². The van der Waals surface area contributed by atoms with Crippen LogP contribution in [0.25, 0.3) is 87.0 Å². The van der Waals surface area contributed by atoms with Crippen LogP contribution in [0.2, 0.25) is 0 Å². The quantitative estimate of drug-likeness (QED) is 0.0100. The molecule has 0 spiro atoms. The van der Waals surface area contributed by atoms with Crippen molar-refractivity contribution in [1.82, 2.24) is 31.1 Å². The fourth-order valence-electron chi connectivity index (χ4n) is 16.0. The Morgan fingerprint density at radius 2 is 0.579 bits per heavy atom. The molecule has 628 valence electrons. The molecule has 0 fully saturated rings. The van der Waals surface area contributed by atoms with Crippen molar-refractivity contribution in [2.24, 2.45) is 0 Å². The van der Waals surface area contributed by atoms with Crippen LogP contribution in [0.4, 0.5) is 0 Å². The molecule has 0 aliphatic carbocycles. The van der Waals surface area contributed by atoms with Gasteiger partial charge < -0.3 is 58.5 Å². The number of furan rings is 2. The van der Waals surface area contributed by atoms with E-state index in [4.69, 9.17) is 37.3 Å². The molecule has 24 nitrogen and oxygen atoms in total. The number of fused-ring (bicyclic) bond motifs is 8. The SMILES string of the molecule is C=C(C)C(=O)NCCc1ccc(Oc2cc3c4c(cc(Oc5ccc(CCNC(=O)C(=C)C)cc5)c5c6c(Oc7ccc(CCNC(=O)C(=C)C)cc7)cc7c8c(cc(Oc9ccc(CCNC(=O)C(=C)C)cc9)c(c2c45)c86)C(=O)N(CC(=O)OCc2cccc4c2oc2ccccc24)C7=O)C(=O)N(CC(=O)OCc2cccc4c2oc2ccccc24)C3=O)cc1. The zero-order chi connectivity index (χ0) is 87.9. The van der Waals surface area contributed by atoms with Crippen LogP contribution in [-0.4, -0.2) is 108 Å². The van der Waals surface area contributed by atoms with Gasteiger partial charge in [-0.1, -0.05) is 148 Å². The highest BCUT2D eigenvalue weighted by atomic mass is 16.5. The Morgan fingerprint density at radius 1 is 0.317 bits per heavy atom. The molecule has 17 rings (SSSR count). The van der Waals surface area contributed by atoms with Crippen molar-refractivity contribution >= 4 is 146 Å². The summed E-state index contributed by atoms with van der Waals surface area (Å²) in [5.41, 5.74) is 7.20. The molecule has 24 heteroatoms. The first kappa shape index (κ1) is 82.3. The molecule has 15 aromatic rings. The second-order valence-electron chi connectivity index (χ2n) is 31.3. The predicted molar refractivity (Wildman–Crippen MR) is 478 cm³/mol. The standard InChI is InChI=1S/C102H82N6O18/c1-55(2)95(111)103-43-39-59-23-31-65(32-24-59)121-79-47-73-85-74(100(116)107(99(73)115)51-83(109)119-53-63-15-13-19-71-69-17-9-11-21-77(69)125-93(63)71)49-81(123-67-35-27-61(28-36-67)41-45-105-97(113)57(5)6)89-90-82(124-68-37-29-62(30-38-68)42-46-106-98(114)58(7)8)50-76-86-75(48-80(88(92(86)90)87(79)91(85)89)122-66-33-25-60(26-34-66)40-44-104-96(112)56(3)4)101(117)108(102(76)118)52-84(110)120-54-64-16-14-20-72-70-18-10-12-22-78(70)126-94(64)72/h9-38,47-50H,1,3,5,7,39-46,51-54H2,2,4,6,8H3,(H,103,111)(H,104,112)(H,105,113)(H,106,114). The number of para-hydroxylation sites is 4. The van der Waals surface area contributed by atoms with Crippen molar-refractivity contribution < 1.29 is 85.2 Å². The Balaban J connectivity index is 0.890. The molecule has 2 aliphatic heterocycles. The number of hydrogen-bond acceptors (Lipinski definition) is 18. The molecule has 0 atom stereocenters. The Bertz CT molecular complexity index is 6430. The lowest BCUT2D eigenvalue weighted by Gasteiger charge is -2.32. The van der Waals surface area contributed by atoms with Crippen molar-refractivity contribution in [1.29, 1.82) is 0 Å². The second kappa shape index (κ2) is 34.5. The van der Waals surface area contributed by atoms with E-state index < -0.39 is 48.7 Å². The summed E-state index contributed by atoms with van der Waals surface area (Å²) in [7, 11) is 0. The number of imide groups is 2. The van der Waals surface area contributed by atoms with E-state index >= 15 is 19.2 Å². The van der Waals surface area contributed by atoms with Gasteiger partial charge in [-0.2, -0.15) is 0 Å². The zero-order valence-corrected chi connectivity index (χ0v) is 69.2. The van der Waals surface area contributed by atoms with Gasteiger partial charge in [0.15, 0.2) is 0 Å². The van der Waals surface area contributed by atoms with E-state index in [0.717, 1.165) is 53.6 Å². The van der Waals surface area contributed by atoms with E-state index in [0.29, 0.717) is 81.4 Å². The summed E-state index contributed by atoms with van der Waals surface area (Å²) in [5, 5.41) is 15.6. The van der Waals surface area contributed by atoms with Crippen LogP contribution in [-0.2, 0) is 77.1 Å². The maximum atomic E-state index is 16.2. The molecular weight excluding hydrogens is 1600 g/mol. The van der Waals surface area contributed by atoms with Crippen LogP contribution >= 0.6 is 0 Å². The number of benzene rings is 13. The van der Waals surface area contributed by atoms with Crippen LogP contribution in [0.1, 0.15) is 103 Å². The van der Waals surface area contributed by atoms with Gasteiger partial charge in [-0.3, -0.25) is 57.7 Å². The third-order valence-corrected chi connectivity index (χ3v) is 22.3. The number of hydrogen-bond donors (Lipinski definition) is 4. The summed E-state index contributed by atoms with van der Waals surface area (Å²) in [6, 6.07) is 59.7. The first-order valence-electron chi connectivity index (χ1n) is 40.9. The molecule has 4 heterocycles. The summed E-state index contributed by atoms with van der Waals surface area (Å²) >= 11 is 0. The lowest BCUT2D eigenvalue weighted by atomic mass is 9.80. The third-order valence-electron chi connectivity index (χ3n) is 22.3. The van der Waals surface area contributed by atoms with Gasteiger partial charge >= 0.3 is 11.9 Å². The molecule has 0 unspecified atom stereocenters. The molecule has 13 aromatic carbocycles. The van der Waals surface area contributed by atoms with E-state index in [1.807, 2.05) is 72.8 Å². The summed E-state index contributed by atoms with van der Waals surface area (Å²) in [6.07, 6.45) is 1.57. The van der Waals surface area contributed by atoms with E-state index in [1.165, 1.54) is 24.3 Å². The van der Waals surface area contributed by atoms with Gasteiger partial charge in [0.25, 0.3) is 23.6 Å². The van der Waals surface area contributed by atoms with Crippen LogP contribution in [0, 0.1) is 0 Å². The van der Waals surface area contributed by atoms with Gasteiger partial charge in [0.05, 0.1) is 22.3 Å². The minimum atomic E-state index is -0.955. The second-order valence-corrected chi connectivity index (χ2v) is 31.3. The highest BCUT2D eigenvalue weighted by molar-refractivity contribution is 6.45. The number of nitrogens with zero attached hydrogens (tertiary/aromatic N) is 2. The minimum Gasteiger partial charge on any atom is -0.459 e. The topological polar surface area (TPSA) is 307 Å². The average molecular weight is 1680 g/mol. The van der Waals surface area contributed by atoms with Gasteiger partial charge in [-0.05, 0) is 161 Å². The van der Waals surface area contributed by atoms with Crippen LogP contribution in [0.15, 0.2) is 264 Å². The minimum absolute atomic E-state index is 0.0470. The highest BCUT2D eigenvalue weighted by Gasteiger charge is 2.43. The molecule has 0 bridgehead atoms. The van der Waals surface area contributed by atoms with Crippen molar-refractivity contribution in [3.8, 4) is 46.0 Å². The molecular formula is C102H82N6O18. The summed E-state index contributed by atoms with van der Waals surface area (Å²) in [6.45, 7) is 20.1. The molecule has 126 heavy (non-hydrogen) atoms. The monoisotopic (exact) mass is 1680 g/mol. The molecule has 0 saturated heterocycles. The van der Waals surface area contributed by atoms with Gasteiger partial charge in [-0.25, -0.2) is 0 Å². The van der Waals surface area contributed by atoms with E-state index in [9.17, 15) is 28.8 Å². The summed E-state index contributed by atoms with van der Waals surface area (Å²) < 4.78 is 53.6. The third kappa shape index (κ3) is 16.2. The van der Waals surface area contributed by atoms with E-state index in [-0.39, 0.29) is 174 Å². The van der Waals surface area contributed by atoms with Gasteiger partial charge in [0, 0.05) is 124 Å². The fraction of sp³-hybridized carbons (Fsp3) is 0.157. The summed E-state index contributed by atoms with van der Waals surface area (Å²) in [4.78, 5) is 146. The maximum absolute atomic E-state index is 16.2. The molecule has 2 aliphatic rings. The van der Waals surface area contributed by atoms with Crippen LogP contribution in [0.5, 0.6) is 46.0 Å². The predicted octanol–water partition coefficient (Wildman–Crippen LogP) is 18.3. The average Bonchev–Trinajstić information content (AvgIpc) is 1.17. The Kier molecular flexibility index (Phi) is 22.5. The Hall–Kier alpha value is -16.0. The first-order valence-corrected chi connectivity index (χ1v) is 40.9.